The van der Waals surface area contributed by atoms with Crippen LogP contribution in [0.1, 0.15) is 64.2 Å². The van der Waals surface area contributed by atoms with Crippen molar-refractivity contribution in [3.05, 3.63) is 0 Å². The third-order valence-corrected chi connectivity index (χ3v) is 5.94. The number of rotatable bonds is 1. The molecule has 0 aromatic carbocycles. The Balaban J connectivity index is 1.89. The fraction of sp³-hybridized carbons (Fsp3) is 0.938. The Labute approximate surface area is 116 Å². The van der Waals surface area contributed by atoms with Gasteiger partial charge in [0, 0.05) is 12.6 Å². The van der Waals surface area contributed by atoms with Crippen LogP contribution >= 0.6 is 0 Å². The van der Waals surface area contributed by atoms with Gasteiger partial charge in [0.1, 0.15) is 0 Å². The second-order valence-electron chi connectivity index (χ2n) is 6.83. The fourth-order valence-corrected chi connectivity index (χ4v) is 4.82. The average Bonchev–Trinajstić information content (AvgIpc) is 2.95. The van der Waals surface area contributed by atoms with Crippen molar-refractivity contribution in [2.45, 2.75) is 75.9 Å². The van der Waals surface area contributed by atoms with Crippen LogP contribution in [0.2, 0.25) is 0 Å². The topological polar surface area (TPSA) is 47.3 Å². The largest absolute Gasteiger partial charge is 0.387 e. The Bertz CT molecular complexity index is 367. The predicted molar refractivity (Wildman–Crippen MR) is 74.5 cm³/mol. The summed E-state index contributed by atoms with van der Waals surface area (Å²) in [4.78, 5) is 2.43. The molecule has 3 aliphatic rings. The molecule has 106 valence electrons. The van der Waals surface area contributed by atoms with Crippen molar-refractivity contribution < 1.29 is 5.11 Å². The van der Waals surface area contributed by atoms with Crippen molar-refractivity contribution in [3.8, 4) is 6.07 Å². The van der Waals surface area contributed by atoms with E-state index in [2.05, 4.69) is 11.0 Å². The van der Waals surface area contributed by atoms with Gasteiger partial charge < -0.3 is 5.11 Å². The summed E-state index contributed by atoms with van der Waals surface area (Å²) in [7, 11) is 0. The predicted octanol–water partition coefficient (Wildman–Crippen LogP) is 2.84. The summed E-state index contributed by atoms with van der Waals surface area (Å²) in [5.41, 5.74) is -1.22. The Hall–Kier alpha value is -0.590. The average molecular weight is 262 g/mol. The molecule has 0 aromatic heterocycles. The summed E-state index contributed by atoms with van der Waals surface area (Å²) in [5.74, 6) is 0. The number of nitriles is 1. The second-order valence-corrected chi connectivity index (χ2v) is 6.83. The van der Waals surface area contributed by atoms with Crippen LogP contribution in [0.25, 0.3) is 0 Å². The van der Waals surface area contributed by atoms with Crippen molar-refractivity contribution >= 4 is 0 Å². The number of fused-ring (bicyclic) bond motifs is 1. The lowest BCUT2D eigenvalue weighted by molar-refractivity contribution is -0.0845. The summed E-state index contributed by atoms with van der Waals surface area (Å²) in [6.45, 7) is 2.11. The standard InChI is InChI=1S/C16H26N2O/c17-13-15(8-4-2-1-3-5-9-15)16(19)10-12-18-11-6-7-14(16)18/h14,19H,1-12H2. The van der Waals surface area contributed by atoms with Crippen molar-refractivity contribution in [2.24, 2.45) is 5.41 Å². The van der Waals surface area contributed by atoms with Crippen molar-refractivity contribution in [3.63, 3.8) is 0 Å². The maximum absolute atomic E-state index is 11.4. The molecular formula is C16H26N2O. The van der Waals surface area contributed by atoms with E-state index in [0.717, 1.165) is 51.6 Å². The van der Waals surface area contributed by atoms with Crippen LogP contribution < -0.4 is 0 Å². The molecule has 2 unspecified atom stereocenters. The molecule has 0 radical (unpaired) electrons. The molecule has 0 spiro atoms. The molecule has 3 heteroatoms. The van der Waals surface area contributed by atoms with Gasteiger partial charge >= 0.3 is 0 Å². The highest BCUT2D eigenvalue weighted by Crippen LogP contribution is 2.52. The molecule has 0 bridgehead atoms. The maximum atomic E-state index is 11.4. The Morgan fingerprint density at radius 1 is 0.947 bits per heavy atom. The summed E-state index contributed by atoms with van der Waals surface area (Å²) in [5, 5.41) is 21.3. The van der Waals surface area contributed by atoms with Gasteiger partial charge in [0.2, 0.25) is 0 Å². The lowest BCUT2D eigenvalue weighted by Crippen LogP contribution is -2.54. The first-order valence-electron chi connectivity index (χ1n) is 8.10. The van der Waals surface area contributed by atoms with E-state index in [1.807, 2.05) is 0 Å². The van der Waals surface area contributed by atoms with E-state index < -0.39 is 11.0 Å². The first-order chi connectivity index (χ1) is 9.22. The number of aliphatic hydroxyl groups is 1. The summed E-state index contributed by atoms with van der Waals surface area (Å²) >= 11 is 0. The minimum atomic E-state index is -0.740. The molecular weight excluding hydrogens is 236 g/mol. The molecule has 3 rings (SSSR count). The third-order valence-electron chi connectivity index (χ3n) is 5.94. The van der Waals surface area contributed by atoms with Crippen LogP contribution in [-0.2, 0) is 0 Å². The summed E-state index contributed by atoms with van der Waals surface area (Å²) < 4.78 is 0. The van der Waals surface area contributed by atoms with Gasteiger partial charge in [-0.2, -0.15) is 5.26 Å². The zero-order valence-electron chi connectivity index (χ0n) is 11.9. The highest BCUT2D eigenvalue weighted by Gasteiger charge is 2.59. The van der Waals surface area contributed by atoms with Crippen molar-refractivity contribution in [1.29, 1.82) is 5.26 Å². The zero-order valence-corrected chi connectivity index (χ0v) is 11.9. The van der Waals surface area contributed by atoms with Gasteiger partial charge in [0.15, 0.2) is 0 Å². The highest BCUT2D eigenvalue weighted by atomic mass is 16.3. The van der Waals surface area contributed by atoms with Crippen LogP contribution in [0.3, 0.4) is 0 Å². The van der Waals surface area contributed by atoms with E-state index in [9.17, 15) is 10.4 Å². The van der Waals surface area contributed by atoms with Gasteiger partial charge in [-0.25, -0.2) is 0 Å². The molecule has 1 N–H and O–H groups in total. The highest BCUT2D eigenvalue weighted by molar-refractivity contribution is 5.19. The molecule has 2 aliphatic heterocycles. The Morgan fingerprint density at radius 2 is 1.63 bits per heavy atom. The number of hydrogen-bond donors (Lipinski definition) is 1. The molecule has 0 aromatic rings. The quantitative estimate of drug-likeness (QED) is 0.790. The molecule has 2 atom stereocenters. The van der Waals surface area contributed by atoms with Crippen LogP contribution in [0, 0.1) is 16.7 Å². The molecule has 2 heterocycles. The van der Waals surface area contributed by atoms with Gasteiger partial charge in [-0.15, -0.1) is 0 Å². The third kappa shape index (κ3) is 2.00. The van der Waals surface area contributed by atoms with Crippen LogP contribution in [0.5, 0.6) is 0 Å². The maximum Gasteiger partial charge on any atom is 0.0999 e. The molecule has 3 nitrogen and oxygen atoms in total. The Kier molecular flexibility index (Phi) is 3.57. The molecule has 1 aliphatic carbocycles. The van der Waals surface area contributed by atoms with E-state index >= 15 is 0 Å². The minimum Gasteiger partial charge on any atom is -0.387 e. The molecule has 3 fully saturated rings. The fourth-order valence-electron chi connectivity index (χ4n) is 4.82. The molecule has 1 saturated carbocycles. The first-order valence-corrected chi connectivity index (χ1v) is 8.10. The molecule has 0 amide bonds. The summed E-state index contributed by atoms with van der Waals surface area (Å²) in [6, 6.07) is 2.86. The van der Waals surface area contributed by atoms with Gasteiger partial charge in [-0.05, 0) is 38.6 Å². The van der Waals surface area contributed by atoms with Crippen molar-refractivity contribution in [2.75, 3.05) is 13.1 Å². The second kappa shape index (κ2) is 5.07. The zero-order chi connectivity index (χ0) is 13.3. The van der Waals surface area contributed by atoms with Gasteiger partial charge in [0.05, 0.1) is 17.1 Å². The van der Waals surface area contributed by atoms with Gasteiger partial charge in [0.25, 0.3) is 0 Å². The SMILES string of the molecule is N#CC1(C2(O)CCN3CCCC32)CCCCCCC1. The smallest absolute Gasteiger partial charge is 0.0999 e. The van der Waals surface area contributed by atoms with E-state index in [1.165, 1.54) is 25.7 Å². The van der Waals surface area contributed by atoms with Crippen molar-refractivity contribution in [1.82, 2.24) is 4.90 Å². The lowest BCUT2D eigenvalue weighted by atomic mass is 9.62. The minimum absolute atomic E-state index is 0.256. The normalized spacial score (nSPS) is 39.3. The van der Waals surface area contributed by atoms with Crippen LogP contribution in [0.15, 0.2) is 0 Å². The first kappa shape index (κ1) is 13.4. The van der Waals surface area contributed by atoms with Crippen LogP contribution in [0.4, 0.5) is 0 Å². The Morgan fingerprint density at radius 3 is 2.32 bits per heavy atom. The monoisotopic (exact) mass is 262 g/mol. The number of hydrogen-bond acceptors (Lipinski definition) is 3. The van der Waals surface area contributed by atoms with E-state index in [1.54, 1.807) is 0 Å². The summed E-state index contributed by atoms with van der Waals surface area (Å²) in [6.07, 6.45) is 10.9. The van der Waals surface area contributed by atoms with Gasteiger partial charge in [-0.1, -0.05) is 32.1 Å². The van der Waals surface area contributed by atoms with Crippen LogP contribution in [-0.4, -0.2) is 34.7 Å². The van der Waals surface area contributed by atoms with E-state index in [0.29, 0.717) is 0 Å². The molecule has 2 saturated heterocycles. The molecule has 19 heavy (non-hydrogen) atoms. The van der Waals surface area contributed by atoms with E-state index in [4.69, 9.17) is 0 Å². The number of nitrogens with zero attached hydrogens (tertiary/aromatic N) is 2. The lowest BCUT2D eigenvalue weighted by Gasteiger charge is -2.45. The van der Waals surface area contributed by atoms with E-state index in [-0.39, 0.29) is 6.04 Å². The van der Waals surface area contributed by atoms with Gasteiger partial charge in [-0.3, -0.25) is 4.90 Å².